The zero-order valence-electron chi connectivity index (χ0n) is 10.9. The van der Waals surface area contributed by atoms with Gasteiger partial charge in [-0.2, -0.15) is 0 Å². The zero-order chi connectivity index (χ0) is 14.7. The summed E-state index contributed by atoms with van der Waals surface area (Å²) in [5, 5.41) is -0.206. The predicted octanol–water partition coefficient (Wildman–Crippen LogP) is 1.59. The monoisotopic (exact) mass is 288 g/mol. The van der Waals surface area contributed by atoms with Crippen molar-refractivity contribution in [2.45, 2.75) is 13.8 Å². The van der Waals surface area contributed by atoms with E-state index in [1.54, 1.807) is 0 Å². The lowest BCUT2D eigenvalue weighted by Crippen LogP contribution is -2.37. The molecule has 19 heavy (non-hydrogen) atoms. The fourth-order valence-corrected chi connectivity index (χ4v) is 1.99. The number of halogens is 2. The van der Waals surface area contributed by atoms with Gasteiger partial charge in [0.25, 0.3) is 0 Å². The number of amides is 1. The summed E-state index contributed by atoms with van der Waals surface area (Å²) in [6.45, 7) is 4.14. The SMILES string of the molecule is CC(C)CN(CC(N)=O)c1c(N)cc(N)c(Cl)c1F. The van der Waals surface area contributed by atoms with Crippen LogP contribution in [0.3, 0.4) is 0 Å². The Bertz CT molecular complexity index is 493. The van der Waals surface area contributed by atoms with Crippen LogP contribution in [-0.2, 0) is 4.79 Å². The first kappa shape index (κ1) is 15.4. The Hall–Kier alpha value is -1.69. The van der Waals surface area contributed by atoms with Crippen LogP contribution in [0.15, 0.2) is 6.07 Å². The zero-order valence-corrected chi connectivity index (χ0v) is 11.7. The Morgan fingerprint density at radius 2 is 2.00 bits per heavy atom. The topological polar surface area (TPSA) is 98.4 Å². The van der Waals surface area contributed by atoms with E-state index in [0.717, 1.165) is 0 Å². The third-order valence-electron chi connectivity index (χ3n) is 2.49. The van der Waals surface area contributed by atoms with Gasteiger partial charge in [0.05, 0.1) is 23.6 Å². The number of rotatable bonds is 5. The summed E-state index contributed by atoms with van der Waals surface area (Å²) in [5.74, 6) is -1.12. The maximum absolute atomic E-state index is 14.2. The molecule has 0 radical (unpaired) electrons. The predicted molar refractivity (Wildman–Crippen MR) is 76.5 cm³/mol. The molecule has 1 aromatic rings. The van der Waals surface area contributed by atoms with Crippen LogP contribution in [-0.4, -0.2) is 19.0 Å². The largest absolute Gasteiger partial charge is 0.397 e. The molecule has 1 amide bonds. The third-order valence-corrected chi connectivity index (χ3v) is 2.87. The van der Waals surface area contributed by atoms with Crippen LogP contribution < -0.4 is 22.1 Å². The van der Waals surface area contributed by atoms with Gasteiger partial charge < -0.3 is 22.1 Å². The molecule has 0 aliphatic rings. The molecule has 7 heteroatoms. The van der Waals surface area contributed by atoms with Crippen molar-refractivity contribution in [3.05, 3.63) is 16.9 Å². The van der Waals surface area contributed by atoms with E-state index in [2.05, 4.69) is 0 Å². The molecule has 1 aromatic carbocycles. The molecule has 0 saturated heterocycles. The van der Waals surface area contributed by atoms with Crippen LogP contribution in [0.1, 0.15) is 13.8 Å². The van der Waals surface area contributed by atoms with Crippen LogP contribution in [0.25, 0.3) is 0 Å². The molecule has 1 rings (SSSR count). The lowest BCUT2D eigenvalue weighted by atomic mass is 10.1. The van der Waals surface area contributed by atoms with Crippen molar-refractivity contribution in [2.75, 3.05) is 29.5 Å². The Kier molecular flexibility index (Phi) is 4.83. The van der Waals surface area contributed by atoms with Crippen molar-refractivity contribution < 1.29 is 9.18 Å². The molecule has 0 aliphatic heterocycles. The molecular formula is C12H18ClFN4O. The number of nitrogens with two attached hydrogens (primary N) is 3. The molecule has 6 N–H and O–H groups in total. The minimum Gasteiger partial charge on any atom is -0.397 e. The van der Waals surface area contributed by atoms with Gasteiger partial charge >= 0.3 is 0 Å². The highest BCUT2D eigenvalue weighted by Crippen LogP contribution is 2.36. The molecule has 106 valence electrons. The van der Waals surface area contributed by atoms with Crippen molar-refractivity contribution in [3.8, 4) is 0 Å². The molecule has 0 aromatic heterocycles. The molecule has 0 fully saturated rings. The van der Waals surface area contributed by atoms with Crippen molar-refractivity contribution in [2.24, 2.45) is 11.7 Å². The van der Waals surface area contributed by atoms with Crippen molar-refractivity contribution >= 4 is 34.6 Å². The molecule has 0 atom stereocenters. The second kappa shape index (κ2) is 5.97. The van der Waals surface area contributed by atoms with Gasteiger partial charge in [-0.25, -0.2) is 4.39 Å². The lowest BCUT2D eigenvalue weighted by Gasteiger charge is -2.27. The van der Waals surface area contributed by atoms with E-state index in [4.69, 9.17) is 28.8 Å². The van der Waals surface area contributed by atoms with Crippen molar-refractivity contribution in [1.29, 1.82) is 0 Å². The van der Waals surface area contributed by atoms with E-state index >= 15 is 0 Å². The number of nitrogens with zero attached hydrogens (tertiary/aromatic N) is 1. The number of anilines is 3. The Morgan fingerprint density at radius 1 is 1.42 bits per heavy atom. The maximum Gasteiger partial charge on any atom is 0.236 e. The average molecular weight is 289 g/mol. The molecule has 0 heterocycles. The minimum atomic E-state index is -0.735. The first-order valence-corrected chi connectivity index (χ1v) is 6.18. The number of primary amides is 1. The van der Waals surface area contributed by atoms with Crippen molar-refractivity contribution in [3.63, 3.8) is 0 Å². The standard InChI is InChI=1S/C12H18ClFN4O/c1-6(2)4-18(5-9(17)19)12-8(16)3-7(15)10(13)11(12)14/h3,6H,4-5,15-16H2,1-2H3,(H2,17,19). The first-order chi connectivity index (χ1) is 8.73. The van der Waals surface area contributed by atoms with E-state index < -0.39 is 11.7 Å². The van der Waals surface area contributed by atoms with Crippen LogP contribution >= 0.6 is 11.6 Å². The van der Waals surface area contributed by atoms with Crippen LogP contribution in [0.5, 0.6) is 0 Å². The molecule has 5 nitrogen and oxygen atoms in total. The summed E-state index contributed by atoms with van der Waals surface area (Å²) in [5.41, 5.74) is 16.7. The van der Waals surface area contributed by atoms with Gasteiger partial charge in [0.15, 0.2) is 5.82 Å². The van der Waals surface area contributed by atoms with Gasteiger partial charge in [-0.15, -0.1) is 0 Å². The van der Waals surface area contributed by atoms with E-state index in [9.17, 15) is 9.18 Å². The highest BCUT2D eigenvalue weighted by Gasteiger charge is 2.21. The lowest BCUT2D eigenvalue weighted by molar-refractivity contribution is -0.116. The van der Waals surface area contributed by atoms with Gasteiger partial charge in [0, 0.05) is 6.54 Å². The van der Waals surface area contributed by atoms with Gasteiger partial charge in [-0.1, -0.05) is 25.4 Å². The second-order valence-corrected chi connectivity index (χ2v) is 5.15. The van der Waals surface area contributed by atoms with Crippen LogP contribution in [0.4, 0.5) is 21.5 Å². The Labute approximate surface area is 116 Å². The molecule has 0 bridgehead atoms. The molecule has 0 spiro atoms. The summed E-state index contributed by atoms with van der Waals surface area (Å²) in [6.07, 6.45) is 0. The van der Waals surface area contributed by atoms with E-state index in [1.165, 1.54) is 11.0 Å². The Morgan fingerprint density at radius 3 is 2.47 bits per heavy atom. The van der Waals surface area contributed by atoms with Crippen LogP contribution in [0, 0.1) is 11.7 Å². The number of benzene rings is 1. The summed E-state index contributed by atoms with van der Waals surface area (Å²) in [4.78, 5) is 12.6. The van der Waals surface area contributed by atoms with Gasteiger partial charge in [0.1, 0.15) is 5.02 Å². The first-order valence-electron chi connectivity index (χ1n) is 5.80. The fraction of sp³-hybridized carbons (Fsp3) is 0.417. The maximum atomic E-state index is 14.2. The average Bonchev–Trinajstić information content (AvgIpc) is 2.24. The number of nitrogen functional groups attached to an aromatic ring is 2. The molecule has 0 unspecified atom stereocenters. The summed E-state index contributed by atoms with van der Waals surface area (Å²) in [7, 11) is 0. The van der Waals surface area contributed by atoms with E-state index in [-0.39, 0.29) is 34.5 Å². The summed E-state index contributed by atoms with van der Waals surface area (Å²) >= 11 is 5.77. The van der Waals surface area contributed by atoms with E-state index in [1.807, 2.05) is 13.8 Å². The van der Waals surface area contributed by atoms with Crippen LogP contribution in [0.2, 0.25) is 5.02 Å². The normalized spacial score (nSPS) is 10.8. The number of hydrogen-bond acceptors (Lipinski definition) is 4. The second-order valence-electron chi connectivity index (χ2n) is 4.77. The van der Waals surface area contributed by atoms with Gasteiger partial charge in [0.2, 0.25) is 5.91 Å². The number of carbonyl (C=O) groups excluding carboxylic acids is 1. The van der Waals surface area contributed by atoms with Crippen molar-refractivity contribution in [1.82, 2.24) is 0 Å². The third kappa shape index (κ3) is 3.64. The minimum absolute atomic E-state index is 0.0592. The number of carbonyl (C=O) groups is 1. The highest BCUT2D eigenvalue weighted by atomic mass is 35.5. The highest BCUT2D eigenvalue weighted by molar-refractivity contribution is 6.33. The smallest absolute Gasteiger partial charge is 0.236 e. The van der Waals surface area contributed by atoms with E-state index in [0.29, 0.717) is 6.54 Å². The quantitative estimate of drug-likeness (QED) is 0.717. The number of hydrogen-bond donors (Lipinski definition) is 3. The van der Waals surface area contributed by atoms with Gasteiger partial charge in [-0.05, 0) is 12.0 Å². The Balaban J connectivity index is 3.29. The molecule has 0 saturated carbocycles. The fourth-order valence-electron chi connectivity index (χ4n) is 1.84. The molecule has 0 aliphatic carbocycles. The summed E-state index contributed by atoms with van der Waals surface area (Å²) in [6, 6.07) is 1.37. The molecular weight excluding hydrogens is 271 g/mol. The van der Waals surface area contributed by atoms with Gasteiger partial charge in [-0.3, -0.25) is 4.79 Å². The summed E-state index contributed by atoms with van der Waals surface area (Å²) < 4.78 is 14.2.